The Hall–Kier alpha value is -1.96. The first kappa shape index (κ1) is 16.5. The van der Waals surface area contributed by atoms with Crippen molar-refractivity contribution in [2.75, 3.05) is 4.90 Å². The predicted octanol–water partition coefficient (Wildman–Crippen LogP) is 3.72. The lowest BCUT2D eigenvalue weighted by Gasteiger charge is -2.25. The van der Waals surface area contributed by atoms with Crippen LogP contribution in [0.1, 0.15) is 24.4 Å². The Labute approximate surface area is 156 Å². The molecule has 1 aliphatic carbocycles. The van der Waals surface area contributed by atoms with Gasteiger partial charge in [-0.05, 0) is 25.0 Å². The highest BCUT2D eigenvalue weighted by atomic mass is 35.5. The summed E-state index contributed by atoms with van der Waals surface area (Å²) in [7, 11) is 0. The van der Waals surface area contributed by atoms with Crippen molar-refractivity contribution in [2.24, 2.45) is 5.92 Å². The molecule has 1 aliphatic heterocycles. The van der Waals surface area contributed by atoms with Crippen LogP contribution in [0.5, 0.6) is 0 Å². The Morgan fingerprint density at radius 2 is 1.96 bits per heavy atom. The van der Waals surface area contributed by atoms with Crippen LogP contribution in [0.3, 0.4) is 0 Å². The molecule has 4 rings (SSSR count). The number of hydrogen-bond donors (Lipinski definition) is 1. The molecule has 25 heavy (non-hydrogen) atoms. The second kappa shape index (κ2) is 6.09. The van der Waals surface area contributed by atoms with Gasteiger partial charge in [0.05, 0.1) is 5.57 Å². The zero-order chi connectivity index (χ0) is 17.7. The summed E-state index contributed by atoms with van der Waals surface area (Å²) in [4.78, 5) is 26.7. The maximum atomic E-state index is 12.8. The number of rotatable bonds is 4. The molecule has 1 atom stereocenters. The van der Waals surface area contributed by atoms with E-state index in [2.05, 4.69) is 10.2 Å². The fourth-order valence-electron chi connectivity index (χ4n) is 2.94. The number of ketones is 1. The van der Waals surface area contributed by atoms with Crippen LogP contribution in [-0.2, 0) is 9.59 Å². The van der Waals surface area contributed by atoms with E-state index in [9.17, 15) is 14.7 Å². The Morgan fingerprint density at radius 3 is 2.52 bits per heavy atom. The Balaban J connectivity index is 1.93. The van der Waals surface area contributed by atoms with Gasteiger partial charge in [0, 0.05) is 21.5 Å². The number of aromatic nitrogens is 2. The van der Waals surface area contributed by atoms with Crippen LogP contribution in [0.4, 0.5) is 5.13 Å². The second-order valence-corrected chi connectivity index (χ2v) is 7.46. The molecule has 0 saturated heterocycles. The van der Waals surface area contributed by atoms with Gasteiger partial charge in [0.15, 0.2) is 11.5 Å². The SMILES string of the molecule is O=C(C1=C(O)C(=O)N(c2nncs2)C1c1c(Cl)cccc1Cl)C1CC1. The summed E-state index contributed by atoms with van der Waals surface area (Å²) in [5, 5.41) is 18.9. The highest BCUT2D eigenvalue weighted by Gasteiger charge is 2.49. The Kier molecular flexibility index (Phi) is 4.02. The van der Waals surface area contributed by atoms with E-state index < -0.39 is 17.7 Å². The number of carbonyl (C=O) groups is 2. The summed E-state index contributed by atoms with van der Waals surface area (Å²) in [6, 6.07) is 4.00. The van der Waals surface area contributed by atoms with Gasteiger partial charge in [0.25, 0.3) is 5.91 Å². The highest BCUT2D eigenvalue weighted by molar-refractivity contribution is 7.13. The number of hydrogen-bond acceptors (Lipinski definition) is 6. The Morgan fingerprint density at radius 1 is 1.28 bits per heavy atom. The minimum absolute atomic E-state index is 0.0256. The zero-order valence-corrected chi connectivity index (χ0v) is 15.0. The minimum atomic E-state index is -0.922. The molecule has 2 aliphatic rings. The molecule has 1 aromatic heterocycles. The Bertz CT molecular complexity index is 889. The van der Waals surface area contributed by atoms with E-state index in [-0.39, 0.29) is 22.4 Å². The molecule has 1 unspecified atom stereocenters. The van der Waals surface area contributed by atoms with Gasteiger partial charge in [-0.25, -0.2) is 0 Å². The molecular formula is C16H11Cl2N3O3S. The van der Waals surface area contributed by atoms with Crippen LogP contribution < -0.4 is 4.90 Å². The third-order valence-corrected chi connectivity index (χ3v) is 5.60. The van der Waals surface area contributed by atoms with Gasteiger partial charge in [0.2, 0.25) is 5.13 Å². The fraction of sp³-hybridized carbons (Fsp3) is 0.250. The van der Waals surface area contributed by atoms with E-state index in [0.717, 1.165) is 24.2 Å². The molecule has 1 fully saturated rings. The molecule has 1 aromatic carbocycles. The summed E-state index contributed by atoms with van der Waals surface area (Å²) < 4.78 is 0. The number of amides is 1. The number of nitrogens with zero attached hydrogens (tertiary/aromatic N) is 3. The maximum absolute atomic E-state index is 12.8. The minimum Gasteiger partial charge on any atom is -0.503 e. The predicted molar refractivity (Wildman–Crippen MR) is 94.0 cm³/mol. The molecule has 0 spiro atoms. The van der Waals surface area contributed by atoms with Crippen LogP contribution in [0.2, 0.25) is 10.0 Å². The van der Waals surface area contributed by atoms with E-state index in [1.165, 1.54) is 10.4 Å². The number of Topliss-reactive ketones (excluding diaryl/α,β-unsaturated/α-hetero) is 1. The molecular weight excluding hydrogens is 385 g/mol. The fourth-order valence-corrected chi connectivity index (χ4v) is 4.13. The van der Waals surface area contributed by atoms with Gasteiger partial charge in [-0.1, -0.05) is 40.6 Å². The molecule has 6 nitrogen and oxygen atoms in total. The van der Waals surface area contributed by atoms with Gasteiger partial charge >= 0.3 is 0 Å². The van der Waals surface area contributed by atoms with Crippen LogP contribution in [0, 0.1) is 5.92 Å². The van der Waals surface area contributed by atoms with Crippen LogP contribution >= 0.6 is 34.5 Å². The topological polar surface area (TPSA) is 83.4 Å². The number of carbonyl (C=O) groups excluding carboxylic acids is 2. The molecule has 1 N–H and O–H groups in total. The van der Waals surface area contributed by atoms with Crippen molar-refractivity contribution in [1.29, 1.82) is 0 Å². The van der Waals surface area contributed by atoms with E-state index >= 15 is 0 Å². The quantitative estimate of drug-likeness (QED) is 0.852. The van der Waals surface area contributed by atoms with Crippen molar-refractivity contribution < 1.29 is 14.7 Å². The molecule has 2 aromatic rings. The van der Waals surface area contributed by atoms with Crippen molar-refractivity contribution in [3.8, 4) is 0 Å². The van der Waals surface area contributed by atoms with Crippen molar-refractivity contribution in [1.82, 2.24) is 10.2 Å². The molecule has 1 saturated carbocycles. The van der Waals surface area contributed by atoms with Crippen LogP contribution in [0.25, 0.3) is 0 Å². The lowest BCUT2D eigenvalue weighted by molar-refractivity contribution is -0.118. The van der Waals surface area contributed by atoms with Crippen molar-refractivity contribution >= 4 is 51.4 Å². The monoisotopic (exact) mass is 395 g/mol. The largest absolute Gasteiger partial charge is 0.503 e. The standard InChI is InChI=1S/C16H11Cl2N3O3S/c17-8-2-1-3-9(18)10(8)12-11(13(22)7-4-5-7)14(23)15(24)21(12)16-20-19-6-25-16/h1-3,6-7,12,23H,4-5H2. The molecule has 128 valence electrons. The number of aliphatic hydroxyl groups is 1. The second-order valence-electron chi connectivity index (χ2n) is 5.84. The smallest absolute Gasteiger partial charge is 0.296 e. The van der Waals surface area contributed by atoms with Crippen molar-refractivity contribution in [3.63, 3.8) is 0 Å². The molecule has 0 bridgehead atoms. The summed E-state index contributed by atoms with van der Waals surface area (Å²) >= 11 is 13.8. The first-order valence-corrected chi connectivity index (χ1v) is 9.15. The van der Waals surface area contributed by atoms with Crippen LogP contribution in [0.15, 0.2) is 35.0 Å². The molecule has 1 amide bonds. The van der Waals surface area contributed by atoms with Gasteiger partial charge in [-0.15, -0.1) is 10.2 Å². The van der Waals surface area contributed by atoms with E-state index in [1.54, 1.807) is 18.2 Å². The van der Waals surface area contributed by atoms with Gasteiger partial charge in [-0.3, -0.25) is 14.5 Å². The van der Waals surface area contributed by atoms with Crippen molar-refractivity contribution in [3.05, 3.63) is 50.7 Å². The summed E-state index contributed by atoms with van der Waals surface area (Å²) in [6.07, 6.45) is 1.48. The van der Waals surface area contributed by atoms with Gasteiger partial charge < -0.3 is 5.11 Å². The van der Waals surface area contributed by atoms with Gasteiger partial charge in [-0.2, -0.15) is 0 Å². The van der Waals surface area contributed by atoms with Crippen molar-refractivity contribution in [2.45, 2.75) is 18.9 Å². The molecule has 2 heterocycles. The average Bonchev–Trinajstić information content (AvgIpc) is 3.24. The average molecular weight is 396 g/mol. The normalized spacial score (nSPS) is 20.5. The number of anilines is 1. The lowest BCUT2D eigenvalue weighted by Crippen LogP contribution is -2.31. The first-order chi connectivity index (χ1) is 12.0. The van der Waals surface area contributed by atoms with E-state index in [4.69, 9.17) is 23.2 Å². The number of benzene rings is 1. The van der Waals surface area contributed by atoms with Crippen LogP contribution in [-0.4, -0.2) is 27.0 Å². The number of halogens is 2. The molecule has 9 heteroatoms. The number of aliphatic hydroxyl groups excluding tert-OH is 1. The van der Waals surface area contributed by atoms with E-state index in [0.29, 0.717) is 15.6 Å². The van der Waals surface area contributed by atoms with Gasteiger partial charge in [0.1, 0.15) is 11.6 Å². The third kappa shape index (κ3) is 2.63. The highest BCUT2D eigenvalue weighted by Crippen LogP contribution is 2.48. The van der Waals surface area contributed by atoms with E-state index in [1.807, 2.05) is 0 Å². The summed E-state index contributed by atoms with van der Waals surface area (Å²) in [6.45, 7) is 0. The first-order valence-electron chi connectivity index (χ1n) is 7.51. The third-order valence-electron chi connectivity index (χ3n) is 4.25. The summed E-state index contributed by atoms with van der Waals surface area (Å²) in [5.74, 6) is -1.71. The lowest BCUT2D eigenvalue weighted by atomic mass is 9.94. The summed E-state index contributed by atoms with van der Waals surface area (Å²) in [5.41, 5.74) is 1.88. The zero-order valence-electron chi connectivity index (χ0n) is 12.6. The molecule has 0 radical (unpaired) electrons. The maximum Gasteiger partial charge on any atom is 0.296 e.